The Morgan fingerprint density at radius 1 is 1.17 bits per heavy atom. The van der Waals surface area contributed by atoms with Gasteiger partial charge in [-0.1, -0.05) is 6.07 Å². The van der Waals surface area contributed by atoms with Crippen molar-refractivity contribution in [3.63, 3.8) is 0 Å². The van der Waals surface area contributed by atoms with Crippen LogP contribution < -0.4 is 10.2 Å². The summed E-state index contributed by atoms with van der Waals surface area (Å²) in [7, 11) is 0. The second kappa shape index (κ2) is 6.79. The molecule has 1 amide bonds. The number of aromatic nitrogens is 1. The summed E-state index contributed by atoms with van der Waals surface area (Å²) in [5, 5.41) is 12.4. The van der Waals surface area contributed by atoms with Crippen LogP contribution in [0.2, 0.25) is 0 Å². The summed E-state index contributed by atoms with van der Waals surface area (Å²) in [4.78, 5) is 18.8. The highest BCUT2D eigenvalue weighted by Crippen LogP contribution is 2.21. The van der Waals surface area contributed by atoms with Crippen LogP contribution in [0.15, 0.2) is 42.5 Å². The normalized spacial score (nSPS) is 15.5. The number of nitrogens with one attached hydrogen (secondary N) is 1. The lowest BCUT2D eigenvalue weighted by Crippen LogP contribution is -2.35. The molecule has 3 rings (SSSR count). The maximum atomic E-state index is 12.3. The number of aliphatic hydroxyl groups is 1. The number of hydrogen-bond acceptors (Lipinski definition) is 4. The number of nitrogens with zero attached hydrogens (tertiary/aromatic N) is 2. The van der Waals surface area contributed by atoms with Crippen LogP contribution in [0.1, 0.15) is 28.9 Å². The van der Waals surface area contributed by atoms with Gasteiger partial charge in [-0.25, -0.2) is 4.98 Å². The molecule has 1 aromatic heterocycles. The average Bonchev–Trinajstić information content (AvgIpc) is 2.56. The molecule has 0 atom stereocenters. The zero-order valence-electron chi connectivity index (χ0n) is 13.2. The smallest absolute Gasteiger partial charge is 0.256 e. The summed E-state index contributed by atoms with van der Waals surface area (Å²) in [5.74, 6) is 0.396. The van der Waals surface area contributed by atoms with Crippen molar-refractivity contribution in [2.45, 2.75) is 25.9 Å². The van der Waals surface area contributed by atoms with Crippen LogP contribution >= 0.6 is 0 Å². The molecule has 0 spiro atoms. The number of hydrogen-bond donors (Lipinski definition) is 2. The first-order valence-electron chi connectivity index (χ1n) is 7.90. The maximum absolute atomic E-state index is 12.3. The number of pyridine rings is 1. The van der Waals surface area contributed by atoms with Crippen LogP contribution in [0.5, 0.6) is 0 Å². The van der Waals surface area contributed by atoms with Crippen molar-refractivity contribution in [2.75, 3.05) is 23.3 Å². The van der Waals surface area contributed by atoms with Crippen LogP contribution in [-0.4, -0.2) is 35.2 Å². The zero-order chi connectivity index (χ0) is 16.2. The lowest BCUT2D eigenvalue weighted by Gasteiger charge is -2.31. The number of carbonyl (C=O) groups is 1. The number of piperidine rings is 1. The minimum Gasteiger partial charge on any atom is -0.393 e. The van der Waals surface area contributed by atoms with E-state index in [1.54, 1.807) is 6.07 Å². The molecule has 2 heterocycles. The molecule has 1 aromatic carbocycles. The van der Waals surface area contributed by atoms with Crippen molar-refractivity contribution in [2.24, 2.45) is 0 Å². The first-order valence-corrected chi connectivity index (χ1v) is 7.90. The quantitative estimate of drug-likeness (QED) is 0.914. The summed E-state index contributed by atoms with van der Waals surface area (Å²) in [6.45, 7) is 3.58. The van der Waals surface area contributed by atoms with Crippen LogP contribution in [0.25, 0.3) is 0 Å². The second-order valence-corrected chi connectivity index (χ2v) is 5.88. The fourth-order valence-corrected chi connectivity index (χ4v) is 2.75. The van der Waals surface area contributed by atoms with Crippen LogP contribution in [0, 0.1) is 6.92 Å². The lowest BCUT2D eigenvalue weighted by molar-refractivity contribution is 0.102. The number of benzene rings is 1. The third-order valence-corrected chi connectivity index (χ3v) is 4.09. The minimum atomic E-state index is -0.182. The van der Waals surface area contributed by atoms with Gasteiger partial charge in [0, 0.05) is 30.0 Å². The molecule has 5 heteroatoms. The van der Waals surface area contributed by atoms with Crippen molar-refractivity contribution in [1.82, 2.24) is 4.98 Å². The molecule has 1 aliphatic rings. The first kappa shape index (κ1) is 15.5. The monoisotopic (exact) mass is 311 g/mol. The minimum absolute atomic E-state index is 0.163. The zero-order valence-corrected chi connectivity index (χ0v) is 13.2. The molecule has 0 aliphatic carbocycles. The maximum Gasteiger partial charge on any atom is 0.256 e. The molecule has 0 saturated carbocycles. The SMILES string of the molecule is Cc1cccc(NC(=O)c2ccc(N3CCC(O)CC3)cc2)n1. The molecule has 0 unspecified atom stereocenters. The van der Waals surface area contributed by atoms with Crippen molar-refractivity contribution >= 4 is 17.4 Å². The van der Waals surface area contributed by atoms with Gasteiger partial charge in [0.2, 0.25) is 0 Å². The van der Waals surface area contributed by atoms with Crippen molar-refractivity contribution in [3.8, 4) is 0 Å². The van der Waals surface area contributed by atoms with Gasteiger partial charge < -0.3 is 15.3 Å². The molecule has 23 heavy (non-hydrogen) atoms. The standard InChI is InChI=1S/C18H21N3O2/c1-13-3-2-4-17(19-13)20-18(23)14-5-7-15(8-6-14)21-11-9-16(22)10-12-21/h2-8,16,22H,9-12H2,1H3,(H,19,20,23). The Morgan fingerprint density at radius 2 is 1.87 bits per heavy atom. The van der Waals surface area contributed by atoms with E-state index in [1.807, 2.05) is 43.3 Å². The Labute approximate surface area is 136 Å². The van der Waals surface area contributed by atoms with Gasteiger partial charge in [-0.15, -0.1) is 0 Å². The third kappa shape index (κ3) is 3.87. The Hall–Kier alpha value is -2.40. The van der Waals surface area contributed by atoms with Crippen LogP contribution in [-0.2, 0) is 0 Å². The Balaban J connectivity index is 1.65. The summed E-state index contributed by atoms with van der Waals surface area (Å²) in [5.41, 5.74) is 2.56. The molecule has 0 bridgehead atoms. The van der Waals surface area contributed by atoms with Gasteiger partial charge >= 0.3 is 0 Å². The molecule has 1 fully saturated rings. The largest absolute Gasteiger partial charge is 0.393 e. The van der Waals surface area contributed by atoms with E-state index in [9.17, 15) is 9.90 Å². The first-order chi connectivity index (χ1) is 11.1. The van der Waals surface area contributed by atoms with Gasteiger partial charge in [-0.2, -0.15) is 0 Å². The summed E-state index contributed by atoms with van der Waals surface area (Å²) < 4.78 is 0. The van der Waals surface area contributed by atoms with E-state index in [4.69, 9.17) is 0 Å². The molecular weight excluding hydrogens is 290 g/mol. The molecule has 5 nitrogen and oxygen atoms in total. The van der Waals surface area contributed by atoms with E-state index < -0.39 is 0 Å². The topological polar surface area (TPSA) is 65.5 Å². The van der Waals surface area contributed by atoms with E-state index in [1.165, 1.54) is 0 Å². The van der Waals surface area contributed by atoms with Crippen LogP contribution in [0.4, 0.5) is 11.5 Å². The molecule has 1 saturated heterocycles. The number of amides is 1. The Morgan fingerprint density at radius 3 is 2.52 bits per heavy atom. The molecule has 2 aromatic rings. The van der Waals surface area contributed by atoms with Gasteiger partial charge in [-0.3, -0.25) is 4.79 Å². The number of aliphatic hydroxyl groups excluding tert-OH is 1. The van der Waals surface area contributed by atoms with Crippen molar-refractivity contribution < 1.29 is 9.90 Å². The van der Waals surface area contributed by atoms with Gasteiger partial charge in [-0.05, 0) is 56.2 Å². The van der Waals surface area contributed by atoms with E-state index in [2.05, 4.69) is 15.2 Å². The Kier molecular flexibility index (Phi) is 4.57. The fourth-order valence-electron chi connectivity index (χ4n) is 2.75. The molecular formula is C18H21N3O2. The highest BCUT2D eigenvalue weighted by molar-refractivity contribution is 6.03. The molecule has 120 valence electrons. The van der Waals surface area contributed by atoms with Crippen molar-refractivity contribution in [1.29, 1.82) is 0 Å². The Bertz CT molecular complexity index is 677. The van der Waals surface area contributed by atoms with E-state index in [0.717, 1.165) is 37.3 Å². The van der Waals surface area contributed by atoms with Crippen LogP contribution in [0.3, 0.4) is 0 Å². The predicted molar refractivity (Wildman–Crippen MR) is 90.8 cm³/mol. The van der Waals surface area contributed by atoms with E-state index in [-0.39, 0.29) is 12.0 Å². The third-order valence-electron chi connectivity index (χ3n) is 4.09. The fraction of sp³-hybridized carbons (Fsp3) is 0.333. The average molecular weight is 311 g/mol. The molecule has 0 radical (unpaired) electrons. The number of aryl methyl sites for hydroxylation is 1. The van der Waals surface area contributed by atoms with Gasteiger partial charge in [0.1, 0.15) is 5.82 Å². The van der Waals surface area contributed by atoms with Crippen molar-refractivity contribution in [3.05, 3.63) is 53.7 Å². The highest BCUT2D eigenvalue weighted by atomic mass is 16.3. The van der Waals surface area contributed by atoms with Gasteiger partial charge in [0.25, 0.3) is 5.91 Å². The lowest BCUT2D eigenvalue weighted by atomic mass is 10.1. The molecule has 1 aliphatic heterocycles. The predicted octanol–water partition coefficient (Wildman–Crippen LogP) is 2.60. The number of rotatable bonds is 3. The van der Waals surface area contributed by atoms with E-state index in [0.29, 0.717) is 11.4 Å². The van der Waals surface area contributed by atoms with E-state index >= 15 is 0 Å². The highest BCUT2D eigenvalue weighted by Gasteiger charge is 2.17. The molecule has 2 N–H and O–H groups in total. The summed E-state index contributed by atoms with van der Waals surface area (Å²) in [6.07, 6.45) is 1.40. The number of anilines is 2. The van der Waals surface area contributed by atoms with Gasteiger partial charge in [0.05, 0.1) is 6.10 Å². The second-order valence-electron chi connectivity index (χ2n) is 5.88. The summed E-state index contributed by atoms with van der Waals surface area (Å²) in [6, 6.07) is 13.1. The summed E-state index contributed by atoms with van der Waals surface area (Å²) >= 11 is 0. The van der Waals surface area contributed by atoms with Gasteiger partial charge in [0.15, 0.2) is 0 Å². The number of carbonyl (C=O) groups excluding carboxylic acids is 1.